The Labute approximate surface area is 218 Å². The molecule has 1 saturated heterocycles. The maximum atomic E-state index is 13.2. The van der Waals surface area contributed by atoms with Gasteiger partial charge in [-0.25, -0.2) is 0 Å². The van der Waals surface area contributed by atoms with E-state index in [-0.39, 0.29) is 41.9 Å². The fraction of sp³-hybridized carbons (Fsp3) is 0.630. The van der Waals surface area contributed by atoms with Crippen LogP contribution < -0.4 is 10.6 Å². The highest BCUT2D eigenvalue weighted by Crippen LogP contribution is 2.41. The molecular formula is C27H38ClF3N4O. The summed E-state index contributed by atoms with van der Waals surface area (Å²) in [4.78, 5) is 13.2. The number of halogens is 4. The minimum absolute atomic E-state index is 0. The summed E-state index contributed by atoms with van der Waals surface area (Å²) in [6.45, 7) is 10.7. The Bertz CT molecular complexity index is 1030. The standard InChI is InChI=1S/C27H37F3N4O.ClH/c1-25(2,3)34-15-12-21(33-34)20-16-22(24(35)31-19-10-13-26(4,5)14-11-19)32-23(20)17-6-8-18(9-7-17)27(28,29)30;/h6-9,12,15,19-20,22-23,32H,10-11,13-14,16H2,1-5H3,(H,31,35);1H/t20?,22-,23-;/m0./s1. The molecule has 9 heteroatoms. The summed E-state index contributed by atoms with van der Waals surface area (Å²) in [7, 11) is 0. The summed E-state index contributed by atoms with van der Waals surface area (Å²) in [6, 6.07) is 6.63. The Kier molecular flexibility index (Phi) is 8.21. The van der Waals surface area contributed by atoms with Gasteiger partial charge in [0.1, 0.15) is 0 Å². The minimum Gasteiger partial charge on any atom is -0.352 e. The van der Waals surface area contributed by atoms with Gasteiger partial charge in [0, 0.05) is 24.2 Å². The van der Waals surface area contributed by atoms with Gasteiger partial charge >= 0.3 is 6.18 Å². The van der Waals surface area contributed by atoms with E-state index < -0.39 is 17.8 Å². The zero-order valence-corrected chi connectivity index (χ0v) is 22.5. The molecule has 5 nitrogen and oxygen atoms in total. The summed E-state index contributed by atoms with van der Waals surface area (Å²) in [5.74, 6) is -0.166. The highest BCUT2D eigenvalue weighted by Gasteiger charge is 2.41. The van der Waals surface area contributed by atoms with Crippen molar-refractivity contribution in [3.63, 3.8) is 0 Å². The second kappa shape index (κ2) is 10.4. The molecule has 200 valence electrons. The molecule has 1 aromatic carbocycles. The van der Waals surface area contributed by atoms with Gasteiger partial charge in [-0.3, -0.25) is 14.8 Å². The van der Waals surface area contributed by atoms with Crippen LogP contribution in [-0.4, -0.2) is 27.8 Å². The number of nitrogens with one attached hydrogen (secondary N) is 2. The fourth-order valence-electron chi connectivity index (χ4n) is 5.23. The van der Waals surface area contributed by atoms with E-state index in [0.29, 0.717) is 11.8 Å². The average molecular weight is 527 g/mol. The summed E-state index contributed by atoms with van der Waals surface area (Å²) in [5.41, 5.74) is 1.01. The molecule has 3 atom stereocenters. The second-order valence-electron chi connectivity index (χ2n) is 12.0. The molecule has 36 heavy (non-hydrogen) atoms. The summed E-state index contributed by atoms with van der Waals surface area (Å²) in [5, 5.41) is 11.4. The summed E-state index contributed by atoms with van der Waals surface area (Å²) >= 11 is 0. The molecule has 2 aliphatic rings. The van der Waals surface area contributed by atoms with Crippen LogP contribution in [0.5, 0.6) is 0 Å². The first kappa shape index (κ1) is 28.5. The van der Waals surface area contributed by atoms with Gasteiger partial charge < -0.3 is 5.32 Å². The smallest absolute Gasteiger partial charge is 0.352 e. The van der Waals surface area contributed by atoms with E-state index in [1.807, 2.05) is 16.9 Å². The molecule has 0 radical (unpaired) electrons. The van der Waals surface area contributed by atoms with Crippen molar-refractivity contribution < 1.29 is 18.0 Å². The van der Waals surface area contributed by atoms with Gasteiger partial charge in [-0.1, -0.05) is 26.0 Å². The number of rotatable bonds is 4. The molecule has 2 aromatic rings. The van der Waals surface area contributed by atoms with Crippen LogP contribution in [0.25, 0.3) is 0 Å². The Hall–Kier alpha value is -2.06. The Balaban J connectivity index is 0.00000361. The molecule has 2 heterocycles. The third-order valence-corrected chi connectivity index (χ3v) is 7.55. The largest absolute Gasteiger partial charge is 0.416 e. The predicted molar refractivity (Wildman–Crippen MR) is 137 cm³/mol. The van der Waals surface area contributed by atoms with E-state index in [1.165, 1.54) is 12.1 Å². The number of aromatic nitrogens is 2. The highest BCUT2D eigenvalue weighted by molar-refractivity contribution is 5.85. The molecule has 1 aliphatic heterocycles. The first-order chi connectivity index (χ1) is 16.2. The van der Waals surface area contributed by atoms with Crippen molar-refractivity contribution in [1.29, 1.82) is 0 Å². The lowest BCUT2D eigenvalue weighted by molar-refractivity contribution is -0.137. The molecular weight excluding hydrogens is 489 g/mol. The fourth-order valence-corrected chi connectivity index (χ4v) is 5.23. The number of nitrogens with zero attached hydrogens (tertiary/aromatic N) is 2. The number of amides is 1. The van der Waals surface area contributed by atoms with E-state index >= 15 is 0 Å². The summed E-state index contributed by atoms with van der Waals surface area (Å²) < 4.78 is 41.2. The highest BCUT2D eigenvalue weighted by atomic mass is 35.5. The zero-order chi connectivity index (χ0) is 25.6. The van der Waals surface area contributed by atoms with E-state index in [4.69, 9.17) is 5.10 Å². The van der Waals surface area contributed by atoms with Crippen LogP contribution in [0.4, 0.5) is 13.2 Å². The van der Waals surface area contributed by atoms with Crippen LogP contribution in [0.3, 0.4) is 0 Å². The minimum atomic E-state index is -4.39. The van der Waals surface area contributed by atoms with Gasteiger partial charge in [0.15, 0.2) is 0 Å². The van der Waals surface area contributed by atoms with Crippen molar-refractivity contribution in [3.05, 3.63) is 53.3 Å². The molecule has 2 N–H and O–H groups in total. The topological polar surface area (TPSA) is 59.0 Å². The van der Waals surface area contributed by atoms with Crippen molar-refractivity contribution in [3.8, 4) is 0 Å². The van der Waals surface area contributed by atoms with Crippen LogP contribution in [0.1, 0.15) is 95.5 Å². The van der Waals surface area contributed by atoms with E-state index in [1.54, 1.807) is 0 Å². The Morgan fingerprint density at radius 3 is 2.22 bits per heavy atom. The van der Waals surface area contributed by atoms with Crippen LogP contribution in [0.15, 0.2) is 36.5 Å². The number of hydrogen-bond donors (Lipinski definition) is 2. The third-order valence-electron chi connectivity index (χ3n) is 7.55. The van der Waals surface area contributed by atoms with Gasteiger partial charge in [-0.05, 0) is 82.1 Å². The van der Waals surface area contributed by atoms with Gasteiger partial charge in [0.05, 0.1) is 22.8 Å². The molecule has 1 aromatic heterocycles. The van der Waals surface area contributed by atoms with Crippen molar-refractivity contribution in [1.82, 2.24) is 20.4 Å². The average Bonchev–Trinajstić information content (AvgIpc) is 3.42. The van der Waals surface area contributed by atoms with Crippen LogP contribution in [0.2, 0.25) is 0 Å². The van der Waals surface area contributed by atoms with Gasteiger partial charge in [-0.15, -0.1) is 12.4 Å². The number of benzene rings is 1. The number of carbonyl (C=O) groups is 1. The molecule has 2 fully saturated rings. The van der Waals surface area contributed by atoms with Gasteiger partial charge in [0.2, 0.25) is 5.91 Å². The number of carbonyl (C=O) groups excluding carboxylic acids is 1. The Morgan fingerprint density at radius 1 is 1.08 bits per heavy atom. The van der Waals surface area contributed by atoms with Crippen LogP contribution in [0, 0.1) is 5.41 Å². The van der Waals surface area contributed by atoms with Crippen LogP contribution in [-0.2, 0) is 16.5 Å². The molecule has 0 bridgehead atoms. The number of hydrogen-bond acceptors (Lipinski definition) is 3. The zero-order valence-electron chi connectivity index (χ0n) is 21.7. The lowest BCUT2D eigenvalue weighted by atomic mass is 9.75. The predicted octanol–water partition coefficient (Wildman–Crippen LogP) is 6.35. The SMILES string of the molecule is CC1(C)CCC(NC(=O)[C@@H]2CC(c3ccn(C(C)(C)C)n3)[C@H](c3ccc(C(F)(F)F)cc3)N2)CC1.Cl. The molecule has 1 unspecified atom stereocenters. The van der Waals surface area contributed by atoms with Gasteiger partial charge in [0.25, 0.3) is 0 Å². The molecule has 1 aliphatic carbocycles. The molecule has 1 amide bonds. The normalized spacial score (nSPS) is 24.8. The lowest BCUT2D eigenvalue weighted by Gasteiger charge is -2.35. The molecule has 4 rings (SSSR count). The maximum Gasteiger partial charge on any atom is 0.416 e. The number of alkyl halides is 3. The first-order valence-corrected chi connectivity index (χ1v) is 12.5. The van der Waals surface area contributed by atoms with Crippen molar-refractivity contribution in [2.75, 3.05) is 0 Å². The molecule has 0 spiro atoms. The van der Waals surface area contributed by atoms with Gasteiger partial charge in [-0.2, -0.15) is 18.3 Å². The van der Waals surface area contributed by atoms with E-state index in [2.05, 4.69) is 45.3 Å². The third kappa shape index (κ3) is 6.43. The monoisotopic (exact) mass is 526 g/mol. The van der Waals surface area contributed by atoms with E-state index in [0.717, 1.165) is 49.1 Å². The maximum absolute atomic E-state index is 13.2. The summed E-state index contributed by atoms with van der Waals surface area (Å²) in [6.07, 6.45) is 2.17. The van der Waals surface area contributed by atoms with E-state index in [9.17, 15) is 18.0 Å². The Morgan fingerprint density at radius 2 is 1.69 bits per heavy atom. The first-order valence-electron chi connectivity index (χ1n) is 12.5. The quantitative estimate of drug-likeness (QED) is 0.488. The van der Waals surface area contributed by atoms with Crippen molar-refractivity contribution in [2.45, 2.75) is 102 Å². The molecule has 1 saturated carbocycles. The van der Waals surface area contributed by atoms with Crippen molar-refractivity contribution in [2.24, 2.45) is 5.41 Å². The van der Waals surface area contributed by atoms with Crippen LogP contribution >= 0.6 is 12.4 Å². The lowest BCUT2D eigenvalue weighted by Crippen LogP contribution is -2.47. The van der Waals surface area contributed by atoms with Crippen molar-refractivity contribution >= 4 is 18.3 Å². The second-order valence-corrected chi connectivity index (χ2v) is 12.0.